The Morgan fingerprint density at radius 1 is 1.17 bits per heavy atom. The molecule has 0 saturated carbocycles. The molecule has 1 aliphatic heterocycles. The lowest BCUT2D eigenvalue weighted by atomic mass is 10.2. The van der Waals surface area contributed by atoms with Gasteiger partial charge in [0, 0.05) is 27.1 Å². The van der Waals surface area contributed by atoms with Gasteiger partial charge in [0.2, 0.25) is 0 Å². The number of aryl methyl sites for hydroxylation is 1. The van der Waals surface area contributed by atoms with E-state index in [-0.39, 0.29) is 11.1 Å². The molecule has 23 heavy (non-hydrogen) atoms. The number of nitrogens with zero attached hydrogens (tertiary/aromatic N) is 2. The summed E-state index contributed by atoms with van der Waals surface area (Å²) < 4.78 is 2.04. The average Bonchev–Trinajstić information content (AvgIpc) is 2.88. The standard InChI is InChI=1S/C16H13Cl2N3OS/c1-8-3-10(4-14-15(22)20-16(19)23-14)9(2)21(8)13-6-11(17)5-12(18)7-13/h3-7H,1-2H3,(H2,19,20,22). The quantitative estimate of drug-likeness (QED) is 0.805. The zero-order valence-electron chi connectivity index (χ0n) is 12.4. The SMILES string of the molecule is Cc1cc(C=C2SC(N)=NC2=O)c(C)n1-c1cc(Cl)cc(Cl)c1. The summed E-state index contributed by atoms with van der Waals surface area (Å²) in [6.45, 7) is 3.96. The van der Waals surface area contributed by atoms with E-state index in [0.717, 1.165) is 22.6 Å². The summed E-state index contributed by atoms with van der Waals surface area (Å²) in [5.74, 6) is -0.303. The van der Waals surface area contributed by atoms with Crippen molar-refractivity contribution in [3.05, 3.63) is 56.2 Å². The van der Waals surface area contributed by atoms with Crippen LogP contribution in [0.5, 0.6) is 0 Å². The predicted octanol–water partition coefficient (Wildman–Crippen LogP) is 4.33. The lowest BCUT2D eigenvalue weighted by Crippen LogP contribution is -2.01. The molecule has 0 aliphatic carbocycles. The number of hydrogen-bond donors (Lipinski definition) is 1. The zero-order valence-corrected chi connectivity index (χ0v) is 14.8. The Labute approximate surface area is 148 Å². The maximum absolute atomic E-state index is 11.8. The minimum absolute atomic E-state index is 0.275. The Hall–Kier alpha value is -1.69. The second-order valence-electron chi connectivity index (χ2n) is 5.16. The first-order valence-corrected chi connectivity index (χ1v) is 8.36. The van der Waals surface area contributed by atoms with Crippen molar-refractivity contribution in [2.45, 2.75) is 13.8 Å². The molecule has 0 radical (unpaired) electrons. The molecule has 2 N–H and O–H groups in total. The highest BCUT2D eigenvalue weighted by Gasteiger charge is 2.20. The van der Waals surface area contributed by atoms with Gasteiger partial charge in [0.25, 0.3) is 5.91 Å². The molecule has 1 amide bonds. The van der Waals surface area contributed by atoms with E-state index in [4.69, 9.17) is 28.9 Å². The molecule has 1 aromatic heterocycles. The van der Waals surface area contributed by atoms with Gasteiger partial charge in [0.05, 0.1) is 4.91 Å². The number of benzene rings is 1. The van der Waals surface area contributed by atoms with Crippen LogP contribution >= 0.6 is 35.0 Å². The van der Waals surface area contributed by atoms with Gasteiger partial charge in [-0.05, 0) is 61.5 Å². The molecular weight excluding hydrogens is 353 g/mol. The first kappa shape index (κ1) is 16.2. The Kier molecular flexibility index (Phi) is 4.27. The normalized spacial score (nSPS) is 16.3. The van der Waals surface area contributed by atoms with E-state index in [0.29, 0.717) is 15.0 Å². The van der Waals surface area contributed by atoms with Gasteiger partial charge in [0.1, 0.15) is 0 Å². The number of halogens is 2. The van der Waals surface area contributed by atoms with Crippen molar-refractivity contribution in [2.75, 3.05) is 0 Å². The molecule has 1 aliphatic rings. The number of thioether (sulfide) groups is 1. The number of carbonyl (C=O) groups is 1. The van der Waals surface area contributed by atoms with Gasteiger partial charge in [-0.15, -0.1) is 0 Å². The summed E-state index contributed by atoms with van der Waals surface area (Å²) in [6.07, 6.45) is 1.81. The van der Waals surface area contributed by atoms with Gasteiger partial charge >= 0.3 is 0 Å². The maximum Gasteiger partial charge on any atom is 0.286 e. The number of amidine groups is 1. The van der Waals surface area contributed by atoms with Gasteiger partial charge in [0.15, 0.2) is 5.17 Å². The zero-order chi connectivity index (χ0) is 16.7. The summed E-state index contributed by atoms with van der Waals surface area (Å²) in [7, 11) is 0. The molecule has 4 nitrogen and oxygen atoms in total. The molecule has 0 atom stereocenters. The van der Waals surface area contributed by atoms with Crippen molar-refractivity contribution in [2.24, 2.45) is 10.7 Å². The Morgan fingerprint density at radius 3 is 2.39 bits per heavy atom. The number of amides is 1. The summed E-state index contributed by atoms with van der Waals surface area (Å²) in [5, 5.41) is 1.42. The van der Waals surface area contributed by atoms with Crippen LogP contribution in [0.1, 0.15) is 17.0 Å². The van der Waals surface area contributed by atoms with Crippen LogP contribution < -0.4 is 5.73 Å². The number of hydrogen-bond acceptors (Lipinski definition) is 3. The first-order valence-electron chi connectivity index (χ1n) is 6.78. The molecule has 2 aromatic rings. The summed E-state index contributed by atoms with van der Waals surface area (Å²) in [6, 6.07) is 7.39. The summed E-state index contributed by atoms with van der Waals surface area (Å²) in [4.78, 5) is 16.0. The minimum atomic E-state index is -0.303. The molecule has 118 valence electrons. The van der Waals surface area contributed by atoms with Crippen molar-refractivity contribution in [3.8, 4) is 5.69 Å². The highest BCUT2D eigenvalue weighted by atomic mass is 35.5. The van der Waals surface area contributed by atoms with Crippen LogP contribution in [0.15, 0.2) is 34.2 Å². The Morgan fingerprint density at radius 2 is 1.83 bits per heavy atom. The molecule has 0 fully saturated rings. The average molecular weight is 366 g/mol. The van der Waals surface area contributed by atoms with Crippen LogP contribution in [-0.4, -0.2) is 15.6 Å². The number of aliphatic imine (C=N–C) groups is 1. The predicted molar refractivity (Wildman–Crippen MR) is 97.5 cm³/mol. The lowest BCUT2D eigenvalue weighted by molar-refractivity contribution is -0.113. The molecule has 1 aromatic carbocycles. The largest absolute Gasteiger partial charge is 0.378 e. The molecular formula is C16H13Cl2N3OS. The Bertz CT molecular complexity index is 863. The second kappa shape index (κ2) is 6.07. The van der Waals surface area contributed by atoms with E-state index in [9.17, 15) is 4.79 Å². The molecule has 7 heteroatoms. The number of aromatic nitrogens is 1. The second-order valence-corrected chi connectivity index (χ2v) is 7.09. The third kappa shape index (κ3) is 3.17. The molecule has 0 unspecified atom stereocenters. The van der Waals surface area contributed by atoms with Crippen LogP contribution in [-0.2, 0) is 4.79 Å². The third-order valence-corrected chi connectivity index (χ3v) is 4.75. The van der Waals surface area contributed by atoms with Crippen molar-refractivity contribution in [3.63, 3.8) is 0 Å². The maximum atomic E-state index is 11.8. The highest BCUT2D eigenvalue weighted by molar-refractivity contribution is 8.18. The summed E-state index contributed by atoms with van der Waals surface area (Å²) in [5.41, 5.74) is 9.38. The molecule has 3 rings (SSSR count). The van der Waals surface area contributed by atoms with Crippen molar-refractivity contribution in [1.29, 1.82) is 0 Å². The molecule has 0 spiro atoms. The van der Waals surface area contributed by atoms with E-state index in [1.165, 1.54) is 11.8 Å². The topological polar surface area (TPSA) is 60.4 Å². The van der Waals surface area contributed by atoms with Crippen LogP contribution in [0.3, 0.4) is 0 Å². The van der Waals surface area contributed by atoms with E-state index in [1.54, 1.807) is 12.1 Å². The fourth-order valence-electron chi connectivity index (χ4n) is 2.57. The van der Waals surface area contributed by atoms with E-state index in [2.05, 4.69) is 4.99 Å². The van der Waals surface area contributed by atoms with Gasteiger partial charge in [-0.2, -0.15) is 4.99 Å². The van der Waals surface area contributed by atoms with Gasteiger partial charge < -0.3 is 10.3 Å². The monoisotopic (exact) mass is 365 g/mol. The van der Waals surface area contributed by atoms with E-state index < -0.39 is 0 Å². The highest BCUT2D eigenvalue weighted by Crippen LogP contribution is 2.30. The number of nitrogens with two attached hydrogens (primary N) is 1. The van der Waals surface area contributed by atoms with Gasteiger partial charge in [-0.25, -0.2) is 0 Å². The van der Waals surface area contributed by atoms with Crippen molar-refractivity contribution < 1.29 is 4.79 Å². The van der Waals surface area contributed by atoms with Gasteiger partial charge in [-0.3, -0.25) is 4.79 Å². The van der Waals surface area contributed by atoms with Crippen LogP contribution in [0.2, 0.25) is 10.0 Å². The number of carbonyl (C=O) groups excluding carboxylic acids is 1. The lowest BCUT2D eigenvalue weighted by Gasteiger charge is -2.10. The van der Waals surface area contributed by atoms with Crippen molar-refractivity contribution in [1.82, 2.24) is 4.57 Å². The summed E-state index contributed by atoms with van der Waals surface area (Å²) >= 11 is 13.4. The smallest absolute Gasteiger partial charge is 0.286 e. The van der Waals surface area contributed by atoms with E-state index in [1.807, 2.05) is 36.6 Å². The minimum Gasteiger partial charge on any atom is -0.378 e. The van der Waals surface area contributed by atoms with E-state index >= 15 is 0 Å². The van der Waals surface area contributed by atoms with Crippen LogP contribution in [0.4, 0.5) is 0 Å². The molecule has 2 heterocycles. The Balaban J connectivity index is 2.07. The molecule has 0 bridgehead atoms. The molecule has 0 saturated heterocycles. The van der Waals surface area contributed by atoms with Gasteiger partial charge in [-0.1, -0.05) is 23.2 Å². The van der Waals surface area contributed by atoms with Crippen molar-refractivity contribution >= 4 is 52.1 Å². The first-order chi connectivity index (χ1) is 10.8. The van der Waals surface area contributed by atoms with Crippen LogP contribution in [0, 0.1) is 13.8 Å². The fourth-order valence-corrected chi connectivity index (χ4v) is 3.75. The third-order valence-electron chi connectivity index (χ3n) is 3.50. The van der Waals surface area contributed by atoms with Crippen LogP contribution in [0.25, 0.3) is 11.8 Å². The fraction of sp³-hybridized carbons (Fsp3) is 0.125. The number of rotatable bonds is 2.